The smallest absolute Gasteiger partial charge is 0.311 e. The SMILES string of the molecule is C[C@@H](Oc1cc(F)ccc1[N+](=O)[O-])C(=O)NCc1ccc2c(c1)OCO2. The molecule has 26 heavy (non-hydrogen) atoms. The van der Waals surface area contributed by atoms with Crippen molar-refractivity contribution in [1.82, 2.24) is 5.32 Å². The molecule has 1 heterocycles. The van der Waals surface area contributed by atoms with E-state index < -0.39 is 28.4 Å². The molecule has 1 atom stereocenters. The molecule has 1 aliphatic rings. The number of carbonyl (C=O) groups is 1. The minimum atomic E-state index is -1.05. The van der Waals surface area contributed by atoms with Gasteiger partial charge in [0.2, 0.25) is 12.5 Å². The van der Waals surface area contributed by atoms with Crippen LogP contribution in [0.4, 0.5) is 10.1 Å². The number of halogens is 1. The fraction of sp³-hybridized carbons (Fsp3) is 0.235. The van der Waals surface area contributed by atoms with Crippen LogP contribution in [0.3, 0.4) is 0 Å². The predicted octanol–water partition coefficient (Wildman–Crippen LogP) is 2.55. The highest BCUT2D eigenvalue weighted by Gasteiger charge is 2.22. The summed E-state index contributed by atoms with van der Waals surface area (Å²) < 4.78 is 29.1. The van der Waals surface area contributed by atoms with Gasteiger partial charge in [0.25, 0.3) is 5.91 Å². The van der Waals surface area contributed by atoms with Gasteiger partial charge in [-0.15, -0.1) is 0 Å². The number of nitrogens with one attached hydrogen (secondary N) is 1. The Hall–Kier alpha value is -3.36. The molecule has 9 heteroatoms. The molecule has 1 amide bonds. The topological polar surface area (TPSA) is 99.9 Å². The second kappa shape index (κ2) is 7.26. The van der Waals surface area contributed by atoms with E-state index in [2.05, 4.69) is 5.32 Å². The van der Waals surface area contributed by atoms with Gasteiger partial charge >= 0.3 is 5.69 Å². The molecule has 0 spiro atoms. The van der Waals surface area contributed by atoms with Crippen LogP contribution in [0.2, 0.25) is 0 Å². The van der Waals surface area contributed by atoms with Gasteiger partial charge < -0.3 is 19.5 Å². The number of benzene rings is 2. The van der Waals surface area contributed by atoms with Gasteiger partial charge in [-0.3, -0.25) is 14.9 Å². The Bertz CT molecular complexity index is 857. The Morgan fingerprint density at radius 2 is 2.08 bits per heavy atom. The minimum Gasteiger partial charge on any atom is -0.474 e. The van der Waals surface area contributed by atoms with Gasteiger partial charge in [0.1, 0.15) is 5.82 Å². The Morgan fingerprint density at radius 3 is 2.85 bits per heavy atom. The molecular formula is C17H15FN2O6. The number of amides is 1. The van der Waals surface area contributed by atoms with E-state index >= 15 is 0 Å². The molecule has 0 aromatic heterocycles. The van der Waals surface area contributed by atoms with Gasteiger partial charge in [-0.2, -0.15) is 0 Å². The van der Waals surface area contributed by atoms with Gasteiger partial charge in [-0.1, -0.05) is 6.07 Å². The van der Waals surface area contributed by atoms with Crippen LogP contribution in [0, 0.1) is 15.9 Å². The molecule has 3 rings (SSSR count). The van der Waals surface area contributed by atoms with Crippen molar-refractivity contribution in [1.29, 1.82) is 0 Å². The summed E-state index contributed by atoms with van der Waals surface area (Å²) in [6.45, 7) is 1.78. The zero-order valence-electron chi connectivity index (χ0n) is 13.7. The number of fused-ring (bicyclic) bond motifs is 1. The number of nitro benzene ring substituents is 1. The highest BCUT2D eigenvalue weighted by molar-refractivity contribution is 5.80. The average Bonchev–Trinajstić information content (AvgIpc) is 3.07. The molecule has 8 nitrogen and oxygen atoms in total. The fourth-order valence-electron chi connectivity index (χ4n) is 2.36. The van der Waals surface area contributed by atoms with Crippen molar-refractivity contribution in [3.63, 3.8) is 0 Å². The third-order valence-corrected chi connectivity index (χ3v) is 3.70. The first kappa shape index (κ1) is 17.5. The van der Waals surface area contributed by atoms with Gasteiger partial charge in [-0.25, -0.2) is 4.39 Å². The lowest BCUT2D eigenvalue weighted by atomic mass is 10.2. The number of nitro groups is 1. The summed E-state index contributed by atoms with van der Waals surface area (Å²) in [4.78, 5) is 22.4. The van der Waals surface area contributed by atoms with Crippen molar-refractivity contribution in [3.05, 3.63) is 57.9 Å². The number of ether oxygens (including phenoxy) is 3. The van der Waals surface area contributed by atoms with Crippen LogP contribution in [0.1, 0.15) is 12.5 Å². The zero-order chi connectivity index (χ0) is 18.7. The van der Waals surface area contributed by atoms with E-state index in [1.54, 1.807) is 18.2 Å². The first-order valence-corrected chi connectivity index (χ1v) is 7.71. The number of nitrogens with zero attached hydrogens (tertiary/aromatic N) is 1. The molecular weight excluding hydrogens is 347 g/mol. The van der Waals surface area contributed by atoms with E-state index in [0.29, 0.717) is 11.5 Å². The quantitative estimate of drug-likeness (QED) is 0.626. The maximum atomic E-state index is 13.3. The fourth-order valence-corrected chi connectivity index (χ4v) is 2.36. The van der Waals surface area contributed by atoms with E-state index in [4.69, 9.17) is 14.2 Å². The maximum Gasteiger partial charge on any atom is 0.311 e. The Balaban J connectivity index is 1.62. The van der Waals surface area contributed by atoms with Gasteiger partial charge in [0.05, 0.1) is 4.92 Å². The molecule has 0 radical (unpaired) electrons. The van der Waals surface area contributed by atoms with E-state index in [0.717, 1.165) is 23.8 Å². The van der Waals surface area contributed by atoms with Crippen LogP contribution in [-0.2, 0) is 11.3 Å². The minimum absolute atomic E-state index is 0.155. The number of hydrogen-bond acceptors (Lipinski definition) is 6. The molecule has 0 fully saturated rings. The van der Waals surface area contributed by atoms with Gasteiger partial charge in [-0.05, 0) is 30.7 Å². The van der Waals surface area contributed by atoms with E-state index in [1.807, 2.05) is 0 Å². The summed E-state index contributed by atoms with van der Waals surface area (Å²) in [6.07, 6.45) is -1.05. The number of rotatable bonds is 6. The van der Waals surface area contributed by atoms with E-state index in [9.17, 15) is 19.3 Å². The first-order chi connectivity index (χ1) is 12.4. The van der Waals surface area contributed by atoms with Crippen molar-refractivity contribution in [3.8, 4) is 17.2 Å². The Kier molecular flexibility index (Phi) is 4.87. The summed E-state index contributed by atoms with van der Waals surface area (Å²) in [6, 6.07) is 8.07. The van der Waals surface area contributed by atoms with Crippen molar-refractivity contribution < 1.29 is 28.3 Å². The second-order valence-corrected chi connectivity index (χ2v) is 5.53. The summed E-state index contributed by atoms with van der Waals surface area (Å²) in [5.41, 5.74) is 0.369. The molecule has 136 valence electrons. The molecule has 0 bridgehead atoms. The highest BCUT2D eigenvalue weighted by atomic mass is 19.1. The van der Waals surface area contributed by atoms with Crippen LogP contribution in [0.5, 0.6) is 17.2 Å². The molecule has 1 N–H and O–H groups in total. The predicted molar refractivity (Wildman–Crippen MR) is 87.6 cm³/mol. The van der Waals surface area contributed by atoms with Crippen LogP contribution in [0.15, 0.2) is 36.4 Å². The largest absolute Gasteiger partial charge is 0.474 e. The van der Waals surface area contributed by atoms with Crippen LogP contribution in [0.25, 0.3) is 0 Å². The molecule has 2 aromatic carbocycles. The second-order valence-electron chi connectivity index (χ2n) is 5.53. The standard InChI is InChI=1S/C17H15FN2O6/c1-10(26-15-7-12(18)3-4-13(15)20(22)23)17(21)19-8-11-2-5-14-16(6-11)25-9-24-14/h2-7,10H,8-9H2,1H3,(H,19,21)/t10-/m1/s1. The van der Waals surface area contributed by atoms with Crippen LogP contribution in [-0.4, -0.2) is 23.7 Å². The van der Waals surface area contributed by atoms with Crippen molar-refractivity contribution in [2.75, 3.05) is 6.79 Å². The normalized spacial score (nSPS) is 13.2. The summed E-state index contributed by atoms with van der Waals surface area (Å²) in [5, 5.41) is 13.6. The lowest BCUT2D eigenvalue weighted by molar-refractivity contribution is -0.386. The number of hydrogen-bond donors (Lipinski definition) is 1. The molecule has 0 aliphatic carbocycles. The molecule has 0 saturated heterocycles. The monoisotopic (exact) mass is 362 g/mol. The zero-order valence-corrected chi connectivity index (χ0v) is 13.7. The molecule has 0 unspecified atom stereocenters. The van der Waals surface area contributed by atoms with Crippen molar-refractivity contribution >= 4 is 11.6 Å². The number of carbonyl (C=O) groups excluding carboxylic acids is 1. The van der Waals surface area contributed by atoms with Crippen LogP contribution < -0.4 is 19.5 Å². The first-order valence-electron chi connectivity index (χ1n) is 7.71. The van der Waals surface area contributed by atoms with E-state index in [-0.39, 0.29) is 19.1 Å². The average molecular weight is 362 g/mol. The summed E-state index contributed by atoms with van der Waals surface area (Å²) in [7, 11) is 0. The Morgan fingerprint density at radius 1 is 1.31 bits per heavy atom. The van der Waals surface area contributed by atoms with Crippen LogP contribution >= 0.6 is 0 Å². The molecule has 1 aliphatic heterocycles. The highest BCUT2D eigenvalue weighted by Crippen LogP contribution is 2.32. The van der Waals surface area contributed by atoms with Gasteiger partial charge in [0, 0.05) is 18.7 Å². The molecule has 0 saturated carbocycles. The third-order valence-electron chi connectivity index (χ3n) is 3.70. The van der Waals surface area contributed by atoms with Crippen molar-refractivity contribution in [2.45, 2.75) is 19.6 Å². The maximum absolute atomic E-state index is 13.3. The molecule has 2 aromatic rings. The lowest BCUT2D eigenvalue weighted by Gasteiger charge is -2.15. The lowest BCUT2D eigenvalue weighted by Crippen LogP contribution is -2.36. The summed E-state index contributed by atoms with van der Waals surface area (Å²) >= 11 is 0. The third kappa shape index (κ3) is 3.82. The van der Waals surface area contributed by atoms with E-state index in [1.165, 1.54) is 6.92 Å². The van der Waals surface area contributed by atoms with Crippen molar-refractivity contribution in [2.24, 2.45) is 0 Å². The van der Waals surface area contributed by atoms with Gasteiger partial charge in [0.15, 0.2) is 17.6 Å². The Labute approximate surface area is 147 Å². The summed E-state index contributed by atoms with van der Waals surface area (Å²) in [5.74, 6) is -0.271.